The molecule has 0 aliphatic carbocycles. The minimum atomic E-state index is -0.0190. The molecule has 138 valence electrons. The summed E-state index contributed by atoms with van der Waals surface area (Å²) in [5.74, 6) is 0.851. The van der Waals surface area contributed by atoms with E-state index in [1.165, 1.54) is 11.1 Å². The third-order valence-electron chi connectivity index (χ3n) is 4.24. The van der Waals surface area contributed by atoms with Crippen molar-refractivity contribution in [3.63, 3.8) is 0 Å². The first-order chi connectivity index (χ1) is 13.2. The van der Waals surface area contributed by atoms with Crippen LogP contribution in [0.2, 0.25) is 0 Å². The number of hydrogen-bond acceptors (Lipinski definition) is 2. The predicted octanol–water partition coefficient (Wildman–Crippen LogP) is 5.47. The number of aryl methyl sites for hydroxylation is 1. The highest BCUT2D eigenvalue weighted by Gasteiger charge is 2.15. The van der Waals surface area contributed by atoms with E-state index in [0.29, 0.717) is 11.7 Å². The second-order valence-electron chi connectivity index (χ2n) is 6.31. The molecule has 3 rings (SSSR count). The van der Waals surface area contributed by atoms with Crippen LogP contribution in [0.4, 0.5) is 5.69 Å². The van der Waals surface area contributed by atoms with E-state index in [2.05, 4.69) is 54.0 Å². The van der Waals surface area contributed by atoms with Crippen LogP contribution in [-0.4, -0.2) is 11.7 Å². The first kappa shape index (κ1) is 18.9. The molecule has 0 fully saturated rings. The van der Waals surface area contributed by atoms with Crippen LogP contribution in [0.3, 0.4) is 0 Å². The van der Waals surface area contributed by atoms with Crippen LogP contribution < -0.4 is 15.4 Å². The van der Waals surface area contributed by atoms with Crippen molar-refractivity contribution in [1.82, 2.24) is 5.32 Å². The molecule has 0 bridgehead atoms. The van der Waals surface area contributed by atoms with Crippen LogP contribution in [0.15, 0.2) is 78.9 Å². The molecule has 2 N–H and O–H groups in total. The molecule has 0 spiro atoms. The zero-order valence-corrected chi connectivity index (χ0v) is 16.4. The van der Waals surface area contributed by atoms with E-state index in [0.717, 1.165) is 17.0 Å². The topological polar surface area (TPSA) is 33.3 Å². The lowest BCUT2D eigenvalue weighted by molar-refractivity contribution is 0.340. The fourth-order valence-electron chi connectivity index (χ4n) is 2.86. The van der Waals surface area contributed by atoms with Gasteiger partial charge in [-0.1, -0.05) is 60.2 Å². The van der Waals surface area contributed by atoms with Gasteiger partial charge in [-0.25, -0.2) is 0 Å². The number of benzene rings is 3. The molecular formula is C23H24N2OS. The van der Waals surface area contributed by atoms with E-state index >= 15 is 0 Å². The van der Waals surface area contributed by atoms with Crippen molar-refractivity contribution in [3.8, 4) is 5.75 Å². The molecule has 0 amide bonds. The Bertz CT molecular complexity index is 861. The lowest BCUT2D eigenvalue weighted by atomic mass is 9.98. The average molecular weight is 377 g/mol. The zero-order chi connectivity index (χ0) is 19.1. The molecule has 3 aromatic rings. The van der Waals surface area contributed by atoms with Crippen LogP contribution in [0.5, 0.6) is 5.75 Å². The first-order valence-electron chi connectivity index (χ1n) is 9.07. The summed E-state index contributed by atoms with van der Waals surface area (Å²) in [5.41, 5.74) is 4.49. The summed E-state index contributed by atoms with van der Waals surface area (Å²) >= 11 is 5.57. The van der Waals surface area contributed by atoms with Gasteiger partial charge in [0.1, 0.15) is 5.75 Å². The maximum atomic E-state index is 5.57. The molecule has 0 aliphatic rings. The highest BCUT2D eigenvalue weighted by molar-refractivity contribution is 7.80. The molecule has 1 atom stereocenters. The molecule has 27 heavy (non-hydrogen) atoms. The second kappa shape index (κ2) is 9.19. The van der Waals surface area contributed by atoms with Gasteiger partial charge in [0.05, 0.1) is 12.6 Å². The van der Waals surface area contributed by atoms with E-state index in [1.807, 2.05) is 49.4 Å². The summed E-state index contributed by atoms with van der Waals surface area (Å²) in [6, 6.07) is 26.6. The van der Waals surface area contributed by atoms with Gasteiger partial charge in [0.25, 0.3) is 0 Å². The van der Waals surface area contributed by atoms with Gasteiger partial charge in [-0.15, -0.1) is 0 Å². The van der Waals surface area contributed by atoms with Gasteiger partial charge in [0.2, 0.25) is 0 Å². The second-order valence-corrected chi connectivity index (χ2v) is 6.72. The quantitative estimate of drug-likeness (QED) is 0.559. The third kappa shape index (κ3) is 5.31. The van der Waals surface area contributed by atoms with Crippen molar-refractivity contribution in [2.75, 3.05) is 11.9 Å². The Balaban J connectivity index is 1.75. The van der Waals surface area contributed by atoms with Gasteiger partial charge in [-0.2, -0.15) is 0 Å². The fourth-order valence-corrected chi connectivity index (χ4v) is 3.10. The van der Waals surface area contributed by atoms with Crippen molar-refractivity contribution in [2.24, 2.45) is 0 Å². The molecule has 4 heteroatoms. The maximum absolute atomic E-state index is 5.57. The van der Waals surface area contributed by atoms with Crippen molar-refractivity contribution in [3.05, 3.63) is 95.6 Å². The number of ether oxygens (including phenoxy) is 1. The van der Waals surface area contributed by atoms with E-state index < -0.39 is 0 Å². The summed E-state index contributed by atoms with van der Waals surface area (Å²) in [7, 11) is 0. The molecule has 1 unspecified atom stereocenters. The maximum Gasteiger partial charge on any atom is 0.171 e. The Kier molecular flexibility index (Phi) is 6.44. The molecule has 0 saturated carbocycles. The van der Waals surface area contributed by atoms with Crippen LogP contribution in [-0.2, 0) is 0 Å². The normalized spacial score (nSPS) is 11.5. The monoisotopic (exact) mass is 376 g/mol. The highest BCUT2D eigenvalue weighted by Crippen LogP contribution is 2.23. The minimum absolute atomic E-state index is 0.0190. The van der Waals surface area contributed by atoms with Crippen molar-refractivity contribution in [2.45, 2.75) is 19.9 Å². The van der Waals surface area contributed by atoms with E-state index in [9.17, 15) is 0 Å². The lowest BCUT2D eigenvalue weighted by Crippen LogP contribution is -2.33. The third-order valence-corrected chi connectivity index (χ3v) is 4.46. The average Bonchev–Trinajstić information content (AvgIpc) is 2.69. The van der Waals surface area contributed by atoms with Gasteiger partial charge in [0, 0.05) is 5.69 Å². The van der Waals surface area contributed by atoms with Crippen molar-refractivity contribution in [1.29, 1.82) is 0 Å². The summed E-state index contributed by atoms with van der Waals surface area (Å²) in [4.78, 5) is 0. The number of hydrogen-bond donors (Lipinski definition) is 2. The van der Waals surface area contributed by atoms with E-state index in [1.54, 1.807) is 0 Å². The van der Waals surface area contributed by atoms with Crippen LogP contribution in [0.25, 0.3) is 0 Å². The number of thiocarbonyl (C=S) groups is 1. The number of rotatable bonds is 6. The summed E-state index contributed by atoms with van der Waals surface area (Å²) in [6.07, 6.45) is 0. The van der Waals surface area contributed by atoms with Gasteiger partial charge in [0.15, 0.2) is 5.11 Å². The number of anilines is 1. The molecule has 0 heterocycles. The molecule has 0 aliphatic heterocycles. The Hall–Kier alpha value is -2.85. The summed E-state index contributed by atoms with van der Waals surface area (Å²) in [6.45, 7) is 4.72. The van der Waals surface area contributed by atoms with Crippen LogP contribution >= 0.6 is 12.2 Å². The molecule has 3 aromatic carbocycles. The minimum Gasteiger partial charge on any atom is -0.494 e. The van der Waals surface area contributed by atoms with Gasteiger partial charge in [-0.3, -0.25) is 0 Å². The summed E-state index contributed by atoms with van der Waals surface area (Å²) < 4.78 is 5.48. The van der Waals surface area contributed by atoms with E-state index in [-0.39, 0.29) is 6.04 Å². The largest absolute Gasteiger partial charge is 0.494 e. The highest BCUT2D eigenvalue weighted by atomic mass is 32.1. The first-order valence-corrected chi connectivity index (χ1v) is 9.48. The lowest BCUT2D eigenvalue weighted by Gasteiger charge is -2.22. The standard InChI is InChI=1S/C23H24N2OS/c1-3-26-21-15-13-20(14-16-21)24-23(27)25-22(18-7-5-4-6-8-18)19-11-9-17(2)10-12-19/h4-16,22H,3H2,1-2H3,(H2,24,25,27). The van der Waals surface area contributed by atoms with Gasteiger partial charge >= 0.3 is 0 Å². The molecule has 0 saturated heterocycles. The number of nitrogens with one attached hydrogen (secondary N) is 2. The Labute approximate surface area is 166 Å². The fraction of sp³-hybridized carbons (Fsp3) is 0.174. The molecule has 0 radical (unpaired) electrons. The Morgan fingerprint density at radius 1 is 0.889 bits per heavy atom. The Morgan fingerprint density at radius 3 is 2.15 bits per heavy atom. The molecule has 3 nitrogen and oxygen atoms in total. The van der Waals surface area contributed by atoms with Gasteiger partial charge < -0.3 is 15.4 Å². The zero-order valence-electron chi connectivity index (χ0n) is 15.6. The van der Waals surface area contributed by atoms with Crippen molar-refractivity contribution < 1.29 is 4.74 Å². The smallest absolute Gasteiger partial charge is 0.171 e. The van der Waals surface area contributed by atoms with E-state index in [4.69, 9.17) is 17.0 Å². The predicted molar refractivity (Wildman–Crippen MR) is 116 cm³/mol. The van der Waals surface area contributed by atoms with Crippen molar-refractivity contribution >= 4 is 23.0 Å². The summed E-state index contributed by atoms with van der Waals surface area (Å²) in [5, 5.41) is 7.28. The molecule has 0 aromatic heterocycles. The van der Waals surface area contributed by atoms with Crippen LogP contribution in [0, 0.1) is 6.92 Å². The SMILES string of the molecule is CCOc1ccc(NC(=S)NC(c2ccccc2)c2ccc(C)cc2)cc1. The Morgan fingerprint density at radius 2 is 1.52 bits per heavy atom. The van der Waals surface area contributed by atoms with Crippen LogP contribution in [0.1, 0.15) is 29.7 Å². The van der Waals surface area contributed by atoms with Gasteiger partial charge in [-0.05, 0) is 61.5 Å². The molecular weight excluding hydrogens is 352 g/mol.